The van der Waals surface area contributed by atoms with E-state index in [0.717, 1.165) is 38.9 Å². The van der Waals surface area contributed by atoms with Gasteiger partial charge in [0.15, 0.2) is 0 Å². The van der Waals surface area contributed by atoms with E-state index in [2.05, 4.69) is 52.3 Å². The summed E-state index contributed by atoms with van der Waals surface area (Å²) in [4.78, 5) is 13.7. The average molecular weight is 502 g/mol. The average Bonchev–Trinajstić information content (AvgIpc) is 3.38. The predicted octanol–water partition coefficient (Wildman–Crippen LogP) is 7.19. The van der Waals surface area contributed by atoms with Gasteiger partial charge in [-0.3, -0.25) is 4.79 Å². The lowest BCUT2D eigenvalue weighted by Crippen LogP contribution is -2.29. The van der Waals surface area contributed by atoms with E-state index in [0.29, 0.717) is 11.8 Å². The van der Waals surface area contributed by atoms with Crippen LogP contribution < -0.4 is 10.7 Å². The van der Waals surface area contributed by atoms with Crippen LogP contribution in [0.25, 0.3) is 0 Å². The molecule has 0 saturated heterocycles. The zero-order valence-corrected chi connectivity index (χ0v) is 21.3. The van der Waals surface area contributed by atoms with E-state index in [9.17, 15) is 4.79 Å². The number of carbonyl (C=O) groups excluding carboxylic acids is 1. The fourth-order valence-corrected chi connectivity index (χ4v) is 6.04. The SMILES string of the molecule is C/C(=N/NC(=O)[C@H](C)Sc1ccccc1)c1ccc2c(c1)[C@@H]1C=CC[C@H]1[C@H](c1ccccc1Cl)N2. The topological polar surface area (TPSA) is 53.5 Å². The van der Waals surface area contributed by atoms with Gasteiger partial charge in [0, 0.05) is 21.5 Å². The number of thioether (sulfide) groups is 1. The summed E-state index contributed by atoms with van der Waals surface area (Å²) in [5.41, 5.74) is 8.06. The Morgan fingerprint density at radius 3 is 2.66 bits per heavy atom. The number of rotatable bonds is 6. The fraction of sp³-hybridized carbons (Fsp3) is 0.241. The van der Waals surface area contributed by atoms with Crippen LogP contribution in [0.4, 0.5) is 5.69 Å². The first kappa shape index (κ1) is 23.7. The number of amides is 1. The summed E-state index contributed by atoms with van der Waals surface area (Å²) in [5.74, 6) is 0.613. The van der Waals surface area contributed by atoms with Crippen molar-refractivity contribution in [3.8, 4) is 0 Å². The molecule has 35 heavy (non-hydrogen) atoms. The highest BCUT2D eigenvalue weighted by Crippen LogP contribution is 2.50. The number of nitrogens with one attached hydrogen (secondary N) is 2. The van der Waals surface area contributed by atoms with Crippen molar-refractivity contribution in [2.45, 2.75) is 42.4 Å². The number of hydrazone groups is 1. The molecule has 2 aliphatic rings. The van der Waals surface area contributed by atoms with Crippen LogP contribution in [0.5, 0.6) is 0 Å². The van der Waals surface area contributed by atoms with Crippen molar-refractivity contribution in [3.63, 3.8) is 0 Å². The van der Waals surface area contributed by atoms with Crippen LogP contribution in [0.15, 0.2) is 94.9 Å². The van der Waals surface area contributed by atoms with Crippen molar-refractivity contribution in [1.82, 2.24) is 5.43 Å². The lowest BCUT2D eigenvalue weighted by Gasteiger charge is -2.38. The highest BCUT2D eigenvalue weighted by atomic mass is 35.5. The molecule has 3 aromatic carbocycles. The molecule has 1 aliphatic carbocycles. The Hall–Kier alpha value is -3.02. The van der Waals surface area contributed by atoms with Crippen molar-refractivity contribution >= 4 is 40.7 Å². The van der Waals surface area contributed by atoms with Crippen LogP contribution in [0.2, 0.25) is 5.02 Å². The Bertz CT molecular complexity index is 1290. The Kier molecular flexibility index (Phi) is 6.98. The third-order valence-corrected chi connectivity index (χ3v) is 8.24. The lowest BCUT2D eigenvalue weighted by molar-refractivity contribution is -0.120. The van der Waals surface area contributed by atoms with E-state index in [-0.39, 0.29) is 17.2 Å². The number of halogens is 1. The second kappa shape index (κ2) is 10.3. The number of allylic oxidation sites excluding steroid dienone is 2. The first-order valence-electron chi connectivity index (χ1n) is 11.9. The standard InChI is InChI=1S/C29H28ClN3OS/c1-18(32-33-29(34)19(2)35-21-9-4-3-5-10-21)20-15-16-27-25(17-20)22-12-8-13-23(22)28(31-27)24-11-6-7-14-26(24)30/h3-12,14-17,19,22-23,28,31H,13H2,1-2H3,(H,33,34)/b32-18-/t19-,22+,23+,28+/m0/s1. The van der Waals surface area contributed by atoms with Crippen LogP contribution >= 0.6 is 23.4 Å². The molecule has 0 fully saturated rings. The molecule has 0 aromatic heterocycles. The van der Waals surface area contributed by atoms with Gasteiger partial charge in [-0.2, -0.15) is 5.10 Å². The maximum Gasteiger partial charge on any atom is 0.253 e. The molecular formula is C29H28ClN3OS. The minimum atomic E-state index is -0.243. The van der Waals surface area contributed by atoms with E-state index >= 15 is 0 Å². The number of anilines is 1. The van der Waals surface area contributed by atoms with Gasteiger partial charge in [0.1, 0.15) is 0 Å². The molecule has 0 bridgehead atoms. The second-order valence-corrected chi connectivity index (χ2v) is 10.9. The minimum Gasteiger partial charge on any atom is -0.378 e. The zero-order valence-electron chi connectivity index (χ0n) is 19.7. The molecular weight excluding hydrogens is 474 g/mol. The maximum atomic E-state index is 12.6. The number of hydrogen-bond donors (Lipinski definition) is 2. The monoisotopic (exact) mass is 501 g/mol. The summed E-state index contributed by atoms with van der Waals surface area (Å²) in [6.07, 6.45) is 5.60. The van der Waals surface area contributed by atoms with Crippen LogP contribution in [-0.2, 0) is 4.79 Å². The third-order valence-electron chi connectivity index (χ3n) is 6.78. The normalized spacial score (nSPS) is 21.6. The van der Waals surface area contributed by atoms with Crippen molar-refractivity contribution in [2.24, 2.45) is 11.0 Å². The molecule has 4 atom stereocenters. The highest BCUT2D eigenvalue weighted by molar-refractivity contribution is 8.00. The number of nitrogens with zero attached hydrogens (tertiary/aromatic N) is 1. The molecule has 1 aliphatic heterocycles. The van der Waals surface area contributed by atoms with Crippen molar-refractivity contribution in [2.75, 3.05) is 5.32 Å². The van der Waals surface area contributed by atoms with Crippen LogP contribution in [0, 0.1) is 5.92 Å². The van der Waals surface area contributed by atoms with E-state index in [1.54, 1.807) is 0 Å². The van der Waals surface area contributed by atoms with Crippen molar-refractivity contribution in [3.05, 3.63) is 107 Å². The molecule has 0 unspecified atom stereocenters. The first-order valence-corrected chi connectivity index (χ1v) is 13.1. The van der Waals surface area contributed by atoms with Gasteiger partial charge in [0.2, 0.25) is 0 Å². The molecule has 178 valence electrons. The Balaban J connectivity index is 1.32. The van der Waals surface area contributed by atoms with Crippen LogP contribution in [0.1, 0.15) is 48.9 Å². The van der Waals surface area contributed by atoms with E-state index in [1.165, 1.54) is 17.3 Å². The van der Waals surface area contributed by atoms with Gasteiger partial charge in [0.05, 0.1) is 17.0 Å². The molecule has 4 nitrogen and oxygen atoms in total. The first-order chi connectivity index (χ1) is 17.0. The summed E-state index contributed by atoms with van der Waals surface area (Å²) < 4.78 is 0. The second-order valence-electron chi connectivity index (χ2n) is 9.05. The lowest BCUT2D eigenvalue weighted by atomic mass is 9.76. The molecule has 1 amide bonds. The molecule has 5 rings (SSSR count). The molecule has 0 saturated carbocycles. The van der Waals surface area contributed by atoms with Gasteiger partial charge in [0.25, 0.3) is 5.91 Å². The van der Waals surface area contributed by atoms with Gasteiger partial charge < -0.3 is 5.32 Å². The molecule has 0 radical (unpaired) electrons. The quantitative estimate of drug-likeness (QED) is 0.163. The van der Waals surface area contributed by atoms with E-state index < -0.39 is 0 Å². The van der Waals surface area contributed by atoms with Gasteiger partial charge in [-0.05, 0) is 73.2 Å². The molecule has 3 aromatic rings. The Morgan fingerprint density at radius 1 is 1.09 bits per heavy atom. The summed E-state index contributed by atoms with van der Waals surface area (Å²) in [6, 6.07) is 24.6. The maximum absolute atomic E-state index is 12.6. The molecule has 6 heteroatoms. The van der Waals surface area contributed by atoms with Gasteiger partial charge in [-0.15, -0.1) is 11.8 Å². The van der Waals surface area contributed by atoms with Crippen LogP contribution in [-0.4, -0.2) is 16.9 Å². The number of carbonyl (C=O) groups is 1. The smallest absolute Gasteiger partial charge is 0.253 e. The van der Waals surface area contributed by atoms with Gasteiger partial charge in [-0.25, -0.2) is 5.43 Å². The summed E-state index contributed by atoms with van der Waals surface area (Å²) in [5, 5.41) is 8.71. The largest absolute Gasteiger partial charge is 0.378 e. The Labute approximate surface area is 215 Å². The van der Waals surface area contributed by atoms with E-state index in [1.807, 2.05) is 62.4 Å². The summed E-state index contributed by atoms with van der Waals surface area (Å²) >= 11 is 8.08. The van der Waals surface area contributed by atoms with Crippen LogP contribution in [0.3, 0.4) is 0 Å². The minimum absolute atomic E-state index is 0.112. The van der Waals surface area contributed by atoms with Gasteiger partial charge in [-0.1, -0.05) is 66.2 Å². The molecule has 1 heterocycles. The molecule has 2 N–H and O–H groups in total. The number of benzene rings is 3. The number of hydrogen-bond acceptors (Lipinski definition) is 4. The highest BCUT2D eigenvalue weighted by Gasteiger charge is 2.38. The fourth-order valence-electron chi connectivity index (χ4n) is 4.91. The van der Waals surface area contributed by atoms with Crippen molar-refractivity contribution < 1.29 is 4.79 Å². The summed E-state index contributed by atoms with van der Waals surface area (Å²) in [7, 11) is 0. The summed E-state index contributed by atoms with van der Waals surface area (Å²) in [6.45, 7) is 3.83. The van der Waals surface area contributed by atoms with E-state index in [4.69, 9.17) is 11.6 Å². The zero-order chi connectivity index (χ0) is 24.4. The predicted molar refractivity (Wildman–Crippen MR) is 146 cm³/mol. The molecule has 0 spiro atoms. The third kappa shape index (κ3) is 5.02. The van der Waals surface area contributed by atoms with Gasteiger partial charge >= 0.3 is 0 Å². The van der Waals surface area contributed by atoms with Crippen molar-refractivity contribution in [1.29, 1.82) is 0 Å². The Morgan fingerprint density at radius 2 is 1.86 bits per heavy atom. The number of fused-ring (bicyclic) bond motifs is 3.